The highest BCUT2D eigenvalue weighted by molar-refractivity contribution is 7.09. The van der Waals surface area contributed by atoms with E-state index in [0.29, 0.717) is 12.0 Å². The molecule has 0 aliphatic rings. The summed E-state index contributed by atoms with van der Waals surface area (Å²) in [4.78, 5) is 1.31. The number of ether oxygens (including phenoxy) is 1. The van der Waals surface area contributed by atoms with Crippen LogP contribution in [0.3, 0.4) is 0 Å². The van der Waals surface area contributed by atoms with Crippen LogP contribution in [0.2, 0.25) is 0 Å². The number of thiophene rings is 1. The fraction of sp³-hybridized carbons (Fsp3) is 0.714. The van der Waals surface area contributed by atoms with Crippen molar-refractivity contribution in [2.75, 3.05) is 13.1 Å². The molecule has 2 nitrogen and oxygen atoms in total. The Kier molecular flexibility index (Phi) is 7.49. The molecule has 1 N–H and O–H groups in total. The third-order valence-corrected chi connectivity index (χ3v) is 3.43. The smallest absolute Gasteiger partial charge is 0.0813 e. The van der Waals surface area contributed by atoms with Crippen LogP contribution < -0.4 is 5.32 Å². The first-order valence-electron chi connectivity index (χ1n) is 6.57. The van der Waals surface area contributed by atoms with Gasteiger partial charge in [-0.3, -0.25) is 0 Å². The zero-order chi connectivity index (χ0) is 12.5. The molecule has 1 aromatic heterocycles. The van der Waals surface area contributed by atoms with Crippen molar-refractivity contribution in [2.45, 2.75) is 46.3 Å². The number of nitrogens with one attached hydrogen (secondary N) is 1. The Bertz CT molecular complexity index is 272. The topological polar surface area (TPSA) is 21.3 Å². The van der Waals surface area contributed by atoms with Crippen LogP contribution in [0.25, 0.3) is 0 Å². The summed E-state index contributed by atoms with van der Waals surface area (Å²) in [7, 11) is 0. The van der Waals surface area contributed by atoms with Gasteiger partial charge in [0.2, 0.25) is 0 Å². The number of hydrogen-bond donors (Lipinski definition) is 1. The lowest BCUT2D eigenvalue weighted by Crippen LogP contribution is -2.31. The molecule has 1 heterocycles. The molecule has 0 amide bonds. The van der Waals surface area contributed by atoms with Gasteiger partial charge in [0.15, 0.2) is 0 Å². The average molecular weight is 255 g/mol. The second kappa shape index (κ2) is 8.67. The van der Waals surface area contributed by atoms with Gasteiger partial charge in [-0.2, -0.15) is 0 Å². The lowest BCUT2D eigenvalue weighted by Gasteiger charge is -2.18. The van der Waals surface area contributed by atoms with Crippen molar-refractivity contribution in [3.05, 3.63) is 22.4 Å². The summed E-state index contributed by atoms with van der Waals surface area (Å²) in [6, 6.07) is 4.21. The van der Waals surface area contributed by atoms with Crippen LogP contribution >= 0.6 is 11.3 Å². The van der Waals surface area contributed by atoms with Gasteiger partial charge in [-0.25, -0.2) is 0 Å². The van der Waals surface area contributed by atoms with E-state index in [4.69, 9.17) is 4.74 Å². The van der Waals surface area contributed by atoms with Crippen LogP contribution in [0.5, 0.6) is 0 Å². The van der Waals surface area contributed by atoms with Crippen molar-refractivity contribution in [3.8, 4) is 0 Å². The van der Waals surface area contributed by atoms with Crippen LogP contribution in [-0.2, 0) is 11.3 Å². The zero-order valence-corrected chi connectivity index (χ0v) is 12.1. The SMILES string of the molecule is CCCC(CNCC(C)C)OCc1cccs1. The van der Waals surface area contributed by atoms with E-state index in [1.807, 2.05) is 0 Å². The second-order valence-corrected chi connectivity index (χ2v) is 5.89. The molecular formula is C14H25NOS. The third-order valence-electron chi connectivity index (χ3n) is 2.58. The fourth-order valence-corrected chi connectivity index (χ4v) is 2.32. The minimum absolute atomic E-state index is 0.348. The van der Waals surface area contributed by atoms with Crippen LogP contribution in [0.1, 0.15) is 38.5 Å². The molecule has 3 heteroatoms. The summed E-state index contributed by atoms with van der Waals surface area (Å²) in [5.41, 5.74) is 0. The van der Waals surface area contributed by atoms with Gasteiger partial charge in [-0.1, -0.05) is 33.3 Å². The summed E-state index contributed by atoms with van der Waals surface area (Å²) >= 11 is 1.77. The molecule has 1 rings (SSSR count). The molecule has 0 fully saturated rings. The lowest BCUT2D eigenvalue weighted by atomic mass is 10.2. The van der Waals surface area contributed by atoms with E-state index < -0.39 is 0 Å². The monoisotopic (exact) mass is 255 g/mol. The van der Waals surface area contributed by atoms with E-state index in [0.717, 1.165) is 26.1 Å². The van der Waals surface area contributed by atoms with Crippen LogP contribution in [0.15, 0.2) is 17.5 Å². The van der Waals surface area contributed by atoms with E-state index in [2.05, 4.69) is 43.6 Å². The molecule has 0 aliphatic heterocycles. The Labute approximate surface area is 109 Å². The molecule has 1 atom stereocenters. The Hall–Kier alpha value is -0.380. The average Bonchev–Trinajstić information content (AvgIpc) is 2.78. The quantitative estimate of drug-likeness (QED) is 0.727. The first kappa shape index (κ1) is 14.7. The van der Waals surface area contributed by atoms with Gasteiger partial charge in [0.05, 0.1) is 12.7 Å². The highest BCUT2D eigenvalue weighted by atomic mass is 32.1. The van der Waals surface area contributed by atoms with E-state index in [1.165, 1.54) is 11.3 Å². The van der Waals surface area contributed by atoms with E-state index >= 15 is 0 Å². The maximum absolute atomic E-state index is 5.96. The Morgan fingerprint density at radius 3 is 2.76 bits per heavy atom. The molecule has 0 aliphatic carbocycles. The van der Waals surface area contributed by atoms with Crippen molar-refractivity contribution in [2.24, 2.45) is 5.92 Å². The maximum atomic E-state index is 5.96. The summed E-state index contributed by atoms with van der Waals surface area (Å²) in [6.45, 7) is 9.47. The lowest BCUT2D eigenvalue weighted by molar-refractivity contribution is 0.0360. The van der Waals surface area contributed by atoms with Gasteiger partial charge in [0.25, 0.3) is 0 Å². The highest BCUT2D eigenvalue weighted by Crippen LogP contribution is 2.12. The Morgan fingerprint density at radius 2 is 2.18 bits per heavy atom. The standard InChI is InChI=1S/C14H25NOS/c1-4-6-13(10-15-9-12(2)3)16-11-14-7-5-8-17-14/h5,7-8,12-13,15H,4,6,9-11H2,1-3H3. The molecule has 0 saturated carbocycles. The normalized spacial score (nSPS) is 13.2. The maximum Gasteiger partial charge on any atom is 0.0813 e. The highest BCUT2D eigenvalue weighted by Gasteiger charge is 2.08. The summed E-state index contributed by atoms with van der Waals surface area (Å²) < 4.78 is 5.96. The molecule has 0 saturated heterocycles. The van der Waals surface area contributed by atoms with Gasteiger partial charge in [0.1, 0.15) is 0 Å². The number of hydrogen-bond acceptors (Lipinski definition) is 3. The zero-order valence-electron chi connectivity index (χ0n) is 11.2. The largest absolute Gasteiger partial charge is 0.371 e. The molecule has 0 spiro atoms. The van der Waals surface area contributed by atoms with E-state index in [9.17, 15) is 0 Å². The molecular weight excluding hydrogens is 230 g/mol. The van der Waals surface area contributed by atoms with E-state index in [1.54, 1.807) is 11.3 Å². The van der Waals surface area contributed by atoms with Gasteiger partial charge in [0, 0.05) is 11.4 Å². The molecule has 0 aromatic carbocycles. The minimum atomic E-state index is 0.348. The van der Waals surface area contributed by atoms with Crippen LogP contribution in [0.4, 0.5) is 0 Å². The van der Waals surface area contributed by atoms with Crippen molar-refractivity contribution in [1.29, 1.82) is 0 Å². The predicted molar refractivity (Wildman–Crippen MR) is 75.5 cm³/mol. The van der Waals surface area contributed by atoms with Gasteiger partial charge >= 0.3 is 0 Å². The van der Waals surface area contributed by atoms with E-state index in [-0.39, 0.29) is 0 Å². The predicted octanol–water partition coefficient (Wildman–Crippen LogP) is 3.68. The first-order chi connectivity index (χ1) is 8.22. The van der Waals surface area contributed by atoms with Crippen molar-refractivity contribution >= 4 is 11.3 Å². The molecule has 0 radical (unpaired) electrons. The third kappa shape index (κ3) is 6.81. The van der Waals surface area contributed by atoms with Crippen molar-refractivity contribution < 1.29 is 4.74 Å². The molecule has 0 bridgehead atoms. The van der Waals surface area contributed by atoms with Gasteiger partial charge in [-0.05, 0) is 30.3 Å². The summed E-state index contributed by atoms with van der Waals surface area (Å²) in [5, 5.41) is 5.58. The molecule has 98 valence electrons. The van der Waals surface area contributed by atoms with Crippen molar-refractivity contribution in [1.82, 2.24) is 5.32 Å². The van der Waals surface area contributed by atoms with Crippen LogP contribution in [-0.4, -0.2) is 19.2 Å². The molecule has 1 unspecified atom stereocenters. The van der Waals surface area contributed by atoms with Crippen LogP contribution in [0, 0.1) is 5.92 Å². The Morgan fingerprint density at radius 1 is 1.35 bits per heavy atom. The molecule has 17 heavy (non-hydrogen) atoms. The Balaban J connectivity index is 2.22. The first-order valence-corrected chi connectivity index (χ1v) is 7.45. The summed E-state index contributed by atoms with van der Waals surface area (Å²) in [5.74, 6) is 0.703. The van der Waals surface area contributed by atoms with Gasteiger partial charge < -0.3 is 10.1 Å². The number of rotatable bonds is 9. The minimum Gasteiger partial charge on any atom is -0.371 e. The fourth-order valence-electron chi connectivity index (χ4n) is 1.69. The van der Waals surface area contributed by atoms with Crippen molar-refractivity contribution in [3.63, 3.8) is 0 Å². The second-order valence-electron chi connectivity index (χ2n) is 4.85. The molecule has 1 aromatic rings. The summed E-state index contributed by atoms with van der Waals surface area (Å²) in [6.07, 6.45) is 2.66. The van der Waals surface area contributed by atoms with Gasteiger partial charge in [-0.15, -0.1) is 11.3 Å².